The minimum Gasteiger partial charge on any atom is -0.399 e. The van der Waals surface area contributed by atoms with Crippen LogP contribution in [0.5, 0.6) is 0 Å². The van der Waals surface area contributed by atoms with E-state index in [2.05, 4.69) is 21.2 Å². The average Bonchev–Trinajstić information content (AvgIpc) is 2.30. The van der Waals surface area contributed by atoms with E-state index < -0.39 is 10.0 Å². The van der Waals surface area contributed by atoms with E-state index in [9.17, 15) is 8.42 Å². The highest BCUT2D eigenvalue weighted by molar-refractivity contribution is 9.10. The van der Waals surface area contributed by atoms with Gasteiger partial charge in [-0.2, -0.15) is 0 Å². The molecule has 0 atom stereocenters. The van der Waals surface area contributed by atoms with Gasteiger partial charge in [-0.3, -0.25) is 0 Å². The van der Waals surface area contributed by atoms with E-state index in [1.54, 1.807) is 6.07 Å². The fraction of sp³-hybridized carbons (Fsp3) is 0. The molecule has 5 N–H and O–H groups in total. The molecule has 0 aliphatic rings. The zero-order valence-corrected chi connectivity index (χ0v) is 12.2. The lowest BCUT2D eigenvalue weighted by Crippen LogP contribution is -2.12. The second-order valence-electron chi connectivity index (χ2n) is 3.97. The molecule has 0 fully saturated rings. The summed E-state index contributed by atoms with van der Waals surface area (Å²) in [7, 11) is -3.77. The molecule has 5 nitrogen and oxygen atoms in total. The van der Waals surface area contributed by atoms with Crippen molar-refractivity contribution in [2.24, 2.45) is 5.14 Å². The third-order valence-electron chi connectivity index (χ3n) is 2.39. The van der Waals surface area contributed by atoms with Crippen LogP contribution in [-0.2, 0) is 10.0 Å². The van der Waals surface area contributed by atoms with E-state index in [1.807, 2.05) is 24.3 Å². The number of halogens is 1. The van der Waals surface area contributed by atoms with E-state index in [4.69, 9.17) is 10.9 Å². The van der Waals surface area contributed by atoms with E-state index in [0.717, 1.165) is 10.2 Å². The number of nitrogens with two attached hydrogens (primary N) is 2. The van der Waals surface area contributed by atoms with Crippen molar-refractivity contribution < 1.29 is 8.42 Å². The molecule has 0 saturated heterocycles. The Balaban J connectivity index is 2.35. The Hall–Kier alpha value is -1.57. The Morgan fingerprint density at radius 1 is 1.00 bits per heavy atom. The van der Waals surface area contributed by atoms with Gasteiger partial charge in [0, 0.05) is 21.5 Å². The van der Waals surface area contributed by atoms with Crippen LogP contribution < -0.4 is 16.2 Å². The normalized spacial score (nSPS) is 11.3. The summed E-state index contributed by atoms with van der Waals surface area (Å²) in [6, 6.07) is 11.8. The van der Waals surface area contributed by atoms with Gasteiger partial charge in [0.15, 0.2) is 0 Å². The fourth-order valence-corrected chi connectivity index (χ4v) is 2.41. The minimum atomic E-state index is -3.77. The van der Waals surface area contributed by atoms with Crippen LogP contribution in [0.2, 0.25) is 0 Å². The fourth-order valence-electron chi connectivity index (χ4n) is 1.56. The zero-order chi connectivity index (χ0) is 14.0. The standard InChI is InChI=1S/C12H12BrN3O2S/c13-8-1-3-10(4-2-8)16-11-5-9(14)6-12(7-11)19(15,17)18/h1-7,16H,14H2,(H2,15,17,18). The van der Waals surface area contributed by atoms with Crippen molar-refractivity contribution in [1.29, 1.82) is 0 Å². The first-order chi connectivity index (χ1) is 8.84. The average molecular weight is 342 g/mol. The van der Waals surface area contributed by atoms with Gasteiger partial charge in [-0.1, -0.05) is 15.9 Å². The first-order valence-corrected chi connectivity index (χ1v) is 7.64. The molecule has 0 aromatic heterocycles. The van der Waals surface area contributed by atoms with Gasteiger partial charge in [0.1, 0.15) is 0 Å². The molecule has 0 heterocycles. The third-order valence-corrected chi connectivity index (χ3v) is 3.81. The molecule has 7 heteroatoms. The van der Waals surface area contributed by atoms with Crippen LogP contribution in [0.4, 0.5) is 17.1 Å². The number of nitrogens with one attached hydrogen (secondary N) is 1. The summed E-state index contributed by atoms with van der Waals surface area (Å²) < 4.78 is 23.6. The summed E-state index contributed by atoms with van der Waals surface area (Å²) in [6.07, 6.45) is 0. The highest BCUT2D eigenvalue weighted by Gasteiger charge is 2.10. The van der Waals surface area contributed by atoms with Gasteiger partial charge in [-0.25, -0.2) is 13.6 Å². The highest BCUT2D eigenvalue weighted by atomic mass is 79.9. The quantitative estimate of drug-likeness (QED) is 0.746. The minimum absolute atomic E-state index is 0.0212. The Bertz CT molecular complexity index is 699. The maximum Gasteiger partial charge on any atom is 0.238 e. The molecular weight excluding hydrogens is 330 g/mol. The summed E-state index contributed by atoms with van der Waals surface area (Å²) in [5, 5.41) is 8.15. The Kier molecular flexibility index (Phi) is 3.79. The Morgan fingerprint density at radius 3 is 2.21 bits per heavy atom. The zero-order valence-electron chi connectivity index (χ0n) is 9.80. The number of hydrogen-bond acceptors (Lipinski definition) is 4. The summed E-state index contributed by atoms with van der Waals surface area (Å²) in [5.41, 5.74) is 7.37. The van der Waals surface area contributed by atoms with Crippen LogP contribution in [0.15, 0.2) is 51.8 Å². The van der Waals surface area contributed by atoms with E-state index in [1.165, 1.54) is 12.1 Å². The molecule has 0 radical (unpaired) electrons. The van der Waals surface area contributed by atoms with Crippen LogP contribution in [0.25, 0.3) is 0 Å². The van der Waals surface area contributed by atoms with Gasteiger partial charge in [-0.15, -0.1) is 0 Å². The monoisotopic (exact) mass is 341 g/mol. The molecule has 0 bridgehead atoms. The summed E-state index contributed by atoms with van der Waals surface area (Å²) in [4.78, 5) is -0.0212. The molecule has 2 aromatic carbocycles. The number of primary sulfonamides is 1. The van der Waals surface area contributed by atoms with E-state index in [-0.39, 0.29) is 4.90 Å². The maximum atomic E-state index is 11.3. The second-order valence-corrected chi connectivity index (χ2v) is 6.44. The molecule has 100 valence electrons. The molecule has 19 heavy (non-hydrogen) atoms. The van der Waals surface area contributed by atoms with E-state index in [0.29, 0.717) is 11.4 Å². The molecule has 0 spiro atoms. The first kappa shape index (κ1) is 13.9. The Labute approximate surface area is 119 Å². The van der Waals surface area contributed by atoms with Gasteiger partial charge in [-0.05, 0) is 42.5 Å². The number of benzene rings is 2. The van der Waals surface area contributed by atoms with Crippen LogP contribution in [0.3, 0.4) is 0 Å². The molecule has 0 amide bonds. The Morgan fingerprint density at radius 2 is 1.63 bits per heavy atom. The van der Waals surface area contributed by atoms with Crippen molar-refractivity contribution in [2.45, 2.75) is 4.90 Å². The van der Waals surface area contributed by atoms with Crippen molar-refractivity contribution in [2.75, 3.05) is 11.1 Å². The lowest BCUT2D eigenvalue weighted by atomic mass is 10.2. The van der Waals surface area contributed by atoms with Crippen LogP contribution >= 0.6 is 15.9 Å². The van der Waals surface area contributed by atoms with Crippen LogP contribution in [0.1, 0.15) is 0 Å². The lowest BCUT2D eigenvalue weighted by molar-refractivity contribution is 0.598. The number of sulfonamides is 1. The summed E-state index contributed by atoms with van der Waals surface area (Å²) in [6.45, 7) is 0. The molecule has 0 saturated carbocycles. The van der Waals surface area contributed by atoms with Crippen molar-refractivity contribution in [1.82, 2.24) is 0 Å². The number of hydrogen-bond donors (Lipinski definition) is 3. The number of nitrogen functional groups attached to an aromatic ring is 1. The largest absolute Gasteiger partial charge is 0.399 e. The SMILES string of the molecule is Nc1cc(Nc2ccc(Br)cc2)cc(S(N)(=O)=O)c1. The smallest absolute Gasteiger partial charge is 0.238 e. The molecule has 2 rings (SSSR count). The number of rotatable bonds is 3. The molecule has 0 aliphatic heterocycles. The van der Waals surface area contributed by atoms with Gasteiger partial charge in [0.2, 0.25) is 10.0 Å². The van der Waals surface area contributed by atoms with Gasteiger partial charge < -0.3 is 11.1 Å². The third kappa shape index (κ3) is 3.69. The maximum absolute atomic E-state index is 11.3. The van der Waals surface area contributed by atoms with Crippen LogP contribution in [-0.4, -0.2) is 8.42 Å². The van der Waals surface area contributed by atoms with Gasteiger partial charge in [0.25, 0.3) is 0 Å². The molecular formula is C12H12BrN3O2S. The molecule has 0 unspecified atom stereocenters. The summed E-state index contributed by atoms with van der Waals surface area (Å²) >= 11 is 3.34. The van der Waals surface area contributed by atoms with Gasteiger partial charge in [0.05, 0.1) is 4.90 Å². The molecule has 2 aromatic rings. The van der Waals surface area contributed by atoms with Crippen molar-refractivity contribution in [3.8, 4) is 0 Å². The predicted molar refractivity (Wildman–Crippen MR) is 79.7 cm³/mol. The second kappa shape index (κ2) is 5.20. The van der Waals surface area contributed by atoms with Crippen molar-refractivity contribution >= 4 is 43.0 Å². The lowest BCUT2D eigenvalue weighted by Gasteiger charge is -2.09. The van der Waals surface area contributed by atoms with Crippen LogP contribution in [0, 0.1) is 0 Å². The summed E-state index contributed by atoms with van der Waals surface area (Å²) in [5.74, 6) is 0. The van der Waals surface area contributed by atoms with Crippen molar-refractivity contribution in [3.63, 3.8) is 0 Å². The topological polar surface area (TPSA) is 98.2 Å². The first-order valence-electron chi connectivity index (χ1n) is 5.30. The van der Waals surface area contributed by atoms with E-state index >= 15 is 0 Å². The van der Waals surface area contributed by atoms with Crippen molar-refractivity contribution in [3.05, 3.63) is 46.9 Å². The predicted octanol–water partition coefficient (Wildman–Crippen LogP) is 2.42. The van der Waals surface area contributed by atoms with Gasteiger partial charge >= 0.3 is 0 Å². The molecule has 0 aliphatic carbocycles. The number of anilines is 3. The highest BCUT2D eigenvalue weighted by Crippen LogP contribution is 2.24.